The van der Waals surface area contributed by atoms with Crippen LogP contribution in [0.25, 0.3) is 0 Å². The number of nitrogens with one attached hydrogen (secondary N) is 1. The molecule has 0 radical (unpaired) electrons. The van der Waals surface area contributed by atoms with Crippen LogP contribution in [0.2, 0.25) is 0 Å². The van der Waals surface area contributed by atoms with Crippen molar-refractivity contribution in [2.45, 2.75) is 155 Å². The number of nitrogens with two attached hydrogens (primary N) is 1. The van der Waals surface area contributed by atoms with Gasteiger partial charge in [0.2, 0.25) is 5.91 Å². The second-order valence-electron chi connectivity index (χ2n) is 18.3. The Hall–Kier alpha value is -1.47. The van der Waals surface area contributed by atoms with E-state index in [1.807, 2.05) is 44.2 Å². The average Bonchev–Trinajstić information content (AvgIpc) is 3.55. The lowest BCUT2D eigenvalue weighted by molar-refractivity contribution is -0.240. The minimum absolute atomic E-state index is 0.0343. The molecule has 4 saturated carbocycles. The van der Waals surface area contributed by atoms with Crippen molar-refractivity contribution >= 4 is 5.91 Å². The summed E-state index contributed by atoms with van der Waals surface area (Å²) in [6, 6.07) is 9.57. The molecule has 1 aliphatic heterocycles. The SMILES string of the molecule is CC(C)(O)[C@@H]1CC[C@@](C)([C@H]2CC[C@]3(C)[C@@H]2[C@H](O)C[C@@H]2[C@@]4(C)CC[C@H](NC(=O)[C@@H](N)Cc5ccccc5)C(C)(C)[C@@H]4CC[C@]23C)O1. The van der Waals surface area contributed by atoms with E-state index in [0.717, 1.165) is 63.4 Å². The van der Waals surface area contributed by atoms with Crippen LogP contribution in [-0.2, 0) is 16.0 Å². The third-order valence-corrected chi connectivity index (χ3v) is 15.3. The highest BCUT2D eigenvalue weighted by Crippen LogP contribution is 2.76. The van der Waals surface area contributed by atoms with Gasteiger partial charge in [0.1, 0.15) is 0 Å². The van der Waals surface area contributed by atoms with Crippen LogP contribution in [-0.4, -0.2) is 51.6 Å². The molecule has 0 bridgehead atoms. The van der Waals surface area contributed by atoms with Gasteiger partial charge in [-0.3, -0.25) is 4.79 Å². The molecule has 4 aliphatic carbocycles. The number of carbonyl (C=O) groups excluding carboxylic acids is 1. The van der Waals surface area contributed by atoms with Gasteiger partial charge in [0.15, 0.2) is 0 Å². The van der Waals surface area contributed by atoms with Gasteiger partial charge in [0.25, 0.3) is 0 Å². The minimum Gasteiger partial charge on any atom is -0.393 e. The first kappa shape index (κ1) is 33.4. The Morgan fingerprint density at radius 3 is 2.27 bits per heavy atom. The molecule has 5 fully saturated rings. The molecule has 45 heavy (non-hydrogen) atoms. The summed E-state index contributed by atoms with van der Waals surface area (Å²) in [7, 11) is 0. The lowest BCUT2D eigenvalue weighted by Gasteiger charge is -2.71. The molecule has 6 heteroatoms. The summed E-state index contributed by atoms with van der Waals surface area (Å²) in [6.07, 6.45) is 9.23. The monoisotopic (exact) mass is 622 g/mol. The third kappa shape index (κ3) is 5.14. The van der Waals surface area contributed by atoms with Crippen LogP contribution in [0.4, 0.5) is 0 Å². The van der Waals surface area contributed by atoms with Gasteiger partial charge in [-0.1, -0.05) is 65.0 Å². The van der Waals surface area contributed by atoms with E-state index >= 15 is 0 Å². The maximum atomic E-state index is 13.4. The second-order valence-corrected chi connectivity index (χ2v) is 18.3. The second kappa shape index (κ2) is 11.0. The van der Waals surface area contributed by atoms with Gasteiger partial charge in [-0.2, -0.15) is 0 Å². The number of hydrogen-bond acceptors (Lipinski definition) is 5. The highest BCUT2D eigenvalue weighted by Gasteiger charge is 2.72. The van der Waals surface area contributed by atoms with Crippen LogP contribution in [0, 0.1) is 45.3 Å². The molecule has 1 aromatic carbocycles. The molecular formula is C39H62N2O4. The Labute approximate surface area is 272 Å². The van der Waals surface area contributed by atoms with Crippen LogP contribution in [0.1, 0.15) is 119 Å². The van der Waals surface area contributed by atoms with Gasteiger partial charge in [-0.05, 0) is 136 Å². The van der Waals surface area contributed by atoms with Gasteiger partial charge in [0, 0.05) is 6.04 Å². The first-order chi connectivity index (χ1) is 20.9. The Bertz CT molecular complexity index is 1260. The summed E-state index contributed by atoms with van der Waals surface area (Å²) in [5, 5.41) is 26.4. The van der Waals surface area contributed by atoms with E-state index in [4.69, 9.17) is 10.5 Å². The first-order valence-corrected chi connectivity index (χ1v) is 18.0. The molecule has 1 heterocycles. The summed E-state index contributed by atoms with van der Waals surface area (Å²) >= 11 is 0. The standard InChI is InChI=1S/C39H62N2O4/c1-34(2)28-15-20-37(6)29(36(28,5)18-16-30(34)41-33(43)26(40)22-24-12-10-9-11-13-24)23-27(42)32-25(14-19-38(32,37)7)39(8)21-17-31(45-39)35(3,4)44/h9-13,25-32,42,44H,14-23,40H2,1-8H3,(H,41,43)/t25-,26-,27+,28-,29+,30-,31-,32-,36-,37+,38+,39-/m0/s1. The number of aliphatic hydroxyl groups is 2. The van der Waals surface area contributed by atoms with Crippen LogP contribution in [0.5, 0.6) is 0 Å². The molecule has 1 saturated heterocycles. The van der Waals surface area contributed by atoms with E-state index in [2.05, 4.69) is 46.9 Å². The van der Waals surface area contributed by atoms with E-state index in [1.165, 1.54) is 0 Å². The Balaban J connectivity index is 1.21. The molecule has 1 aromatic rings. The zero-order valence-corrected chi connectivity index (χ0v) is 29.4. The predicted molar refractivity (Wildman–Crippen MR) is 179 cm³/mol. The van der Waals surface area contributed by atoms with E-state index < -0.39 is 11.6 Å². The predicted octanol–water partition coefficient (Wildman–Crippen LogP) is 6.41. The molecule has 0 spiro atoms. The fraction of sp³-hybridized carbons (Fsp3) is 0.821. The molecule has 0 unspecified atom stereocenters. The molecule has 6 nitrogen and oxygen atoms in total. The van der Waals surface area contributed by atoms with Crippen molar-refractivity contribution in [2.24, 2.45) is 51.1 Å². The maximum Gasteiger partial charge on any atom is 0.237 e. The van der Waals surface area contributed by atoms with Crippen LogP contribution in [0.15, 0.2) is 30.3 Å². The zero-order valence-electron chi connectivity index (χ0n) is 29.4. The van der Waals surface area contributed by atoms with E-state index in [9.17, 15) is 15.0 Å². The van der Waals surface area contributed by atoms with Crippen LogP contribution < -0.4 is 11.1 Å². The van der Waals surface area contributed by atoms with Crippen molar-refractivity contribution in [2.75, 3.05) is 0 Å². The Morgan fingerprint density at radius 1 is 0.956 bits per heavy atom. The van der Waals surface area contributed by atoms with Crippen molar-refractivity contribution < 1.29 is 19.7 Å². The summed E-state index contributed by atoms with van der Waals surface area (Å²) in [4.78, 5) is 13.4. The lowest BCUT2D eigenvalue weighted by atomic mass is 9.35. The van der Waals surface area contributed by atoms with Crippen molar-refractivity contribution in [3.05, 3.63) is 35.9 Å². The molecule has 0 aromatic heterocycles. The lowest BCUT2D eigenvalue weighted by Crippen LogP contribution is -2.68. The first-order valence-electron chi connectivity index (χ1n) is 18.0. The fourth-order valence-electron chi connectivity index (χ4n) is 12.6. The smallest absolute Gasteiger partial charge is 0.237 e. The van der Waals surface area contributed by atoms with Crippen molar-refractivity contribution in [1.82, 2.24) is 5.32 Å². The topological polar surface area (TPSA) is 105 Å². The molecule has 252 valence electrons. The van der Waals surface area contributed by atoms with Gasteiger partial charge >= 0.3 is 0 Å². The van der Waals surface area contributed by atoms with Crippen molar-refractivity contribution in [1.29, 1.82) is 0 Å². The van der Waals surface area contributed by atoms with Gasteiger partial charge in [-0.25, -0.2) is 0 Å². The Kier molecular flexibility index (Phi) is 8.20. The zero-order chi connectivity index (χ0) is 32.8. The highest BCUT2D eigenvalue weighted by atomic mass is 16.5. The average molecular weight is 623 g/mol. The Morgan fingerprint density at radius 2 is 1.62 bits per heavy atom. The molecule has 12 atom stereocenters. The molecular weight excluding hydrogens is 560 g/mol. The normalized spacial score (nSPS) is 46.5. The van der Waals surface area contributed by atoms with E-state index in [0.29, 0.717) is 24.2 Å². The fourth-order valence-corrected chi connectivity index (χ4v) is 12.6. The van der Waals surface area contributed by atoms with E-state index in [-0.39, 0.29) is 57.3 Å². The summed E-state index contributed by atoms with van der Waals surface area (Å²) in [6.45, 7) is 18.3. The molecule has 5 aliphatic rings. The quantitative estimate of drug-likeness (QED) is 0.294. The number of rotatable bonds is 6. The highest BCUT2D eigenvalue weighted by molar-refractivity contribution is 5.82. The van der Waals surface area contributed by atoms with Gasteiger partial charge < -0.3 is 26.0 Å². The number of ether oxygens (including phenoxy) is 1. The minimum atomic E-state index is -0.854. The number of aliphatic hydroxyl groups excluding tert-OH is 1. The molecule has 6 rings (SSSR count). The van der Waals surface area contributed by atoms with Crippen LogP contribution in [0.3, 0.4) is 0 Å². The van der Waals surface area contributed by atoms with Crippen molar-refractivity contribution in [3.8, 4) is 0 Å². The number of benzene rings is 1. The maximum absolute atomic E-state index is 13.4. The molecule has 5 N–H and O–H groups in total. The van der Waals surface area contributed by atoms with Gasteiger partial charge in [0.05, 0.1) is 29.5 Å². The number of fused-ring (bicyclic) bond motifs is 5. The van der Waals surface area contributed by atoms with Crippen LogP contribution >= 0.6 is 0 Å². The molecule has 1 amide bonds. The number of hydrogen-bond donors (Lipinski definition) is 4. The third-order valence-electron chi connectivity index (χ3n) is 15.3. The summed E-state index contributed by atoms with van der Waals surface area (Å²) in [5.41, 5.74) is 6.54. The number of amides is 1. The van der Waals surface area contributed by atoms with E-state index in [1.54, 1.807) is 0 Å². The summed E-state index contributed by atoms with van der Waals surface area (Å²) < 4.78 is 6.73. The summed E-state index contributed by atoms with van der Waals surface area (Å²) in [5.74, 6) is 1.35. The van der Waals surface area contributed by atoms with Crippen molar-refractivity contribution in [3.63, 3.8) is 0 Å². The largest absolute Gasteiger partial charge is 0.393 e. The van der Waals surface area contributed by atoms with Gasteiger partial charge in [-0.15, -0.1) is 0 Å². The number of carbonyl (C=O) groups is 1.